The molecule has 1 aromatic rings. The summed E-state index contributed by atoms with van der Waals surface area (Å²) in [5, 5.41) is 0. The zero-order valence-electron chi connectivity index (χ0n) is 8.80. The first kappa shape index (κ1) is 10.0. The Morgan fingerprint density at radius 1 is 1.23 bits per heavy atom. The lowest BCUT2D eigenvalue weighted by Crippen LogP contribution is -1.88. The third-order valence-corrected chi connectivity index (χ3v) is 2.41. The van der Waals surface area contributed by atoms with Crippen LogP contribution in [-0.4, -0.2) is 0 Å². The molecule has 0 bridgehead atoms. The fraction of sp³-hybridized carbons (Fsp3) is 0.385. The van der Waals surface area contributed by atoms with Crippen molar-refractivity contribution in [1.29, 1.82) is 0 Å². The van der Waals surface area contributed by atoms with Gasteiger partial charge in [0.15, 0.2) is 0 Å². The molecule has 0 fully saturated rings. The van der Waals surface area contributed by atoms with Crippen LogP contribution in [0.2, 0.25) is 0 Å². The number of allylic oxidation sites excluding steroid dienone is 2. The molecule has 0 saturated carbocycles. The topological polar surface area (TPSA) is 0 Å². The van der Waals surface area contributed by atoms with Gasteiger partial charge in [0.25, 0.3) is 0 Å². The second kappa shape index (κ2) is 4.86. The van der Waals surface area contributed by atoms with Crippen LogP contribution in [0.25, 0.3) is 0 Å². The molecule has 70 valence electrons. The van der Waals surface area contributed by atoms with Crippen LogP contribution in [0.3, 0.4) is 0 Å². The van der Waals surface area contributed by atoms with Gasteiger partial charge in [0, 0.05) is 0 Å². The van der Waals surface area contributed by atoms with Gasteiger partial charge in [-0.2, -0.15) is 0 Å². The van der Waals surface area contributed by atoms with E-state index in [1.54, 1.807) is 0 Å². The average molecular weight is 174 g/mol. The maximum Gasteiger partial charge on any atom is -0.00673 e. The Hall–Kier alpha value is -1.04. The van der Waals surface area contributed by atoms with Crippen molar-refractivity contribution in [2.24, 2.45) is 0 Å². The van der Waals surface area contributed by atoms with Gasteiger partial charge in [0.2, 0.25) is 0 Å². The highest BCUT2D eigenvalue weighted by Crippen LogP contribution is 2.11. The van der Waals surface area contributed by atoms with Crippen LogP contribution in [0, 0.1) is 6.92 Å². The second-order valence-corrected chi connectivity index (χ2v) is 3.46. The van der Waals surface area contributed by atoms with Gasteiger partial charge in [-0.3, -0.25) is 0 Å². The van der Waals surface area contributed by atoms with Crippen molar-refractivity contribution < 1.29 is 0 Å². The Morgan fingerprint density at radius 3 is 2.31 bits per heavy atom. The van der Waals surface area contributed by atoms with Gasteiger partial charge >= 0.3 is 0 Å². The molecule has 0 heterocycles. The fourth-order valence-corrected chi connectivity index (χ4v) is 1.40. The predicted octanol–water partition coefficient (Wildman–Crippen LogP) is 3.89. The number of hydrogen-bond donors (Lipinski definition) is 0. The molecule has 0 unspecified atom stereocenters. The minimum absolute atomic E-state index is 1.10. The third kappa shape index (κ3) is 3.06. The molecular formula is C13H18. The van der Waals surface area contributed by atoms with Crippen LogP contribution in [-0.2, 0) is 6.42 Å². The standard InChI is InChI=1S/C13H18/c1-4-12(5-2)10-13-8-6-11(3)7-9-13/h4,6-9H,5,10H2,1-3H3. The highest BCUT2D eigenvalue weighted by Gasteiger charge is 1.95. The van der Waals surface area contributed by atoms with Crippen molar-refractivity contribution in [3.63, 3.8) is 0 Å². The molecule has 0 aliphatic heterocycles. The van der Waals surface area contributed by atoms with Crippen LogP contribution in [0.15, 0.2) is 35.9 Å². The van der Waals surface area contributed by atoms with E-state index >= 15 is 0 Å². The van der Waals surface area contributed by atoms with E-state index in [1.165, 1.54) is 16.7 Å². The summed E-state index contributed by atoms with van der Waals surface area (Å²) >= 11 is 0. The average Bonchev–Trinajstić information content (AvgIpc) is 2.17. The minimum Gasteiger partial charge on any atom is -0.0881 e. The van der Waals surface area contributed by atoms with E-state index in [9.17, 15) is 0 Å². The van der Waals surface area contributed by atoms with Crippen molar-refractivity contribution in [2.75, 3.05) is 0 Å². The normalized spacial score (nSPS) is 11.8. The van der Waals surface area contributed by atoms with E-state index in [0.717, 1.165) is 12.8 Å². The van der Waals surface area contributed by atoms with Gasteiger partial charge in [-0.05, 0) is 32.3 Å². The van der Waals surface area contributed by atoms with Gasteiger partial charge in [0.05, 0.1) is 0 Å². The van der Waals surface area contributed by atoms with Crippen LogP contribution in [0.4, 0.5) is 0 Å². The monoisotopic (exact) mass is 174 g/mol. The molecule has 0 heteroatoms. The van der Waals surface area contributed by atoms with Crippen molar-refractivity contribution in [2.45, 2.75) is 33.6 Å². The molecule has 0 nitrogen and oxygen atoms in total. The molecule has 0 aromatic heterocycles. The summed E-state index contributed by atoms with van der Waals surface area (Å²) in [5.74, 6) is 0. The van der Waals surface area contributed by atoms with Crippen molar-refractivity contribution in [1.82, 2.24) is 0 Å². The van der Waals surface area contributed by atoms with Crippen LogP contribution in [0.5, 0.6) is 0 Å². The molecular weight excluding hydrogens is 156 g/mol. The van der Waals surface area contributed by atoms with Gasteiger partial charge in [-0.15, -0.1) is 0 Å². The van der Waals surface area contributed by atoms with E-state index in [2.05, 4.69) is 51.1 Å². The maximum absolute atomic E-state index is 2.22. The predicted molar refractivity (Wildman–Crippen MR) is 58.9 cm³/mol. The largest absolute Gasteiger partial charge is 0.0881 e. The van der Waals surface area contributed by atoms with Crippen molar-refractivity contribution >= 4 is 0 Å². The lowest BCUT2D eigenvalue weighted by molar-refractivity contribution is 0.998. The Balaban J connectivity index is 2.69. The Kier molecular flexibility index (Phi) is 3.75. The molecule has 0 aliphatic carbocycles. The summed E-state index contributed by atoms with van der Waals surface area (Å²) in [6, 6.07) is 8.79. The first-order chi connectivity index (χ1) is 6.26. The zero-order valence-corrected chi connectivity index (χ0v) is 8.80. The fourth-order valence-electron chi connectivity index (χ4n) is 1.40. The number of benzene rings is 1. The van der Waals surface area contributed by atoms with Crippen molar-refractivity contribution in [3.05, 3.63) is 47.0 Å². The van der Waals surface area contributed by atoms with E-state index in [-0.39, 0.29) is 0 Å². The zero-order chi connectivity index (χ0) is 9.68. The number of hydrogen-bond acceptors (Lipinski definition) is 0. The second-order valence-electron chi connectivity index (χ2n) is 3.46. The molecule has 13 heavy (non-hydrogen) atoms. The Bertz CT molecular complexity index is 277. The molecule has 0 N–H and O–H groups in total. The number of aryl methyl sites for hydroxylation is 1. The summed E-state index contributed by atoms with van der Waals surface area (Å²) < 4.78 is 0. The summed E-state index contributed by atoms with van der Waals surface area (Å²) in [6.07, 6.45) is 4.48. The molecule has 0 amide bonds. The van der Waals surface area contributed by atoms with E-state index in [0.29, 0.717) is 0 Å². The molecule has 0 aliphatic rings. The highest BCUT2D eigenvalue weighted by atomic mass is 14.0. The van der Waals surface area contributed by atoms with Gasteiger partial charge < -0.3 is 0 Å². The first-order valence-electron chi connectivity index (χ1n) is 4.96. The smallest absolute Gasteiger partial charge is 0.00673 e. The summed E-state index contributed by atoms with van der Waals surface area (Å²) in [7, 11) is 0. The third-order valence-electron chi connectivity index (χ3n) is 2.41. The Morgan fingerprint density at radius 2 is 1.85 bits per heavy atom. The van der Waals surface area contributed by atoms with Crippen LogP contribution < -0.4 is 0 Å². The molecule has 0 saturated heterocycles. The quantitative estimate of drug-likeness (QED) is 0.610. The van der Waals surface area contributed by atoms with Gasteiger partial charge in [-0.25, -0.2) is 0 Å². The lowest BCUT2D eigenvalue weighted by atomic mass is 10.0. The highest BCUT2D eigenvalue weighted by molar-refractivity contribution is 5.25. The van der Waals surface area contributed by atoms with E-state index in [1.807, 2.05) is 0 Å². The summed E-state index contributed by atoms with van der Waals surface area (Å²) in [6.45, 7) is 6.46. The molecule has 1 rings (SSSR count). The van der Waals surface area contributed by atoms with Crippen LogP contribution >= 0.6 is 0 Å². The van der Waals surface area contributed by atoms with Gasteiger partial charge in [-0.1, -0.05) is 48.4 Å². The van der Waals surface area contributed by atoms with Gasteiger partial charge in [0.1, 0.15) is 0 Å². The van der Waals surface area contributed by atoms with Crippen molar-refractivity contribution in [3.8, 4) is 0 Å². The molecule has 0 atom stereocenters. The Labute approximate surface area is 81.3 Å². The molecule has 1 aromatic carbocycles. The minimum atomic E-state index is 1.10. The van der Waals surface area contributed by atoms with E-state index < -0.39 is 0 Å². The molecule has 0 radical (unpaired) electrons. The molecule has 0 spiro atoms. The SMILES string of the molecule is CC=C(CC)Cc1ccc(C)cc1. The number of rotatable bonds is 3. The summed E-state index contributed by atoms with van der Waals surface area (Å²) in [4.78, 5) is 0. The summed E-state index contributed by atoms with van der Waals surface area (Å²) in [5.41, 5.74) is 4.27. The lowest BCUT2D eigenvalue weighted by Gasteiger charge is -2.04. The van der Waals surface area contributed by atoms with E-state index in [4.69, 9.17) is 0 Å². The maximum atomic E-state index is 2.22. The first-order valence-corrected chi connectivity index (χ1v) is 4.96. The van der Waals surface area contributed by atoms with Crippen LogP contribution in [0.1, 0.15) is 31.4 Å².